The molecule has 1 aromatic rings. The topological polar surface area (TPSA) is 69.2 Å². The minimum atomic E-state index is 0.0871. The molecule has 0 radical (unpaired) electrons. The van der Waals surface area contributed by atoms with Gasteiger partial charge in [0.2, 0.25) is 0 Å². The van der Waals surface area contributed by atoms with Crippen LogP contribution in [0.5, 0.6) is 0 Å². The van der Waals surface area contributed by atoms with E-state index in [0.717, 1.165) is 36.7 Å². The fourth-order valence-electron chi connectivity index (χ4n) is 2.24. The maximum Gasteiger partial charge on any atom is 0.139 e. The highest BCUT2D eigenvalue weighted by Gasteiger charge is 2.24. The number of aryl methyl sites for hydroxylation is 1. The van der Waals surface area contributed by atoms with E-state index in [4.69, 9.17) is 11.1 Å². The summed E-state index contributed by atoms with van der Waals surface area (Å²) in [6.45, 7) is 7.03. The van der Waals surface area contributed by atoms with Gasteiger partial charge in [-0.15, -0.1) is 0 Å². The number of aromatic nitrogens is 1. The number of hydrogen-bond donors (Lipinski definition) is 2. The average Bonchev–Trinajstić information content (AvgIpc) is 2.32. The van der Waals surface area contributed by atoms with Gasteiger partial charge in [-0.25, -0.2) is 4.98 Å². The molecule has 5 nitrogen and oxygen atoms in total. The molecule has 1 aliphatic heterocycles. The van der Waals surface area contributed by atoms with Crippen LogP contribution >= 0.6 is 0 Å². The molecule has 98 valence electrons. The molecule has 1 saturated heterocycles. The lowest BCUT2D eigenvalue weighted by Crippen LogP contribution is -2.50. The van der Waals surface area contributed by atoms with E-state index >= 15 is 0 Å². The van der Waals surface area contributed by atoms with E-state index in [1.807, 2.05) is 19.1 Å². The molecule has 0 spiro atoms. The first-order valence-electron chi connectivity index (χ1n) is 6.26. The van der Waals surface area contributed by atoms with Gasteiger partial charge < -0.3 is 15.5 Å². The summed E-state index contributed by atoms with van der Waals surface area (Å²) in [6.07, 6.45) is 0. The van der Waals surface area contributed by atoms with Crippen molar-refractivity contribution in [3.05, 3.63) is 23.4 Å². The molecule has 1 unspecified atom stereocenters. The molecular formula is C13H21N5. The molecule has 0 aliphatic carbocycles. The molecule has 5 heteroatoms. The Kier molecular flexibility index (Phi) is 3.52. The lowest BCUT2D eigenvalue weighted by Gasteiger charge is -2.39. The third-order valence-corrected chi connectivity index (χ3v) is 3.56. The Balaban J connectivity index is 2.32. The van der Waals surface area contributed by atoms with Crippen molar-refractivity contribution in [3.63, 3.8) is 0 Å². The molecule has 1 atom stereocenters. The molecule has 3 N–H and O–H groups in total. The number of rotatable bonds is 2. The number of pyridine rings is 1. The maximum atomic E-state index is 7.66. The summed E-state index contributed by atoms with van der Waals surface area (Å²) in [7, 11) is 2.14. The fourth-order valence-corrected chi connectivity index (χ4v) is 2.24. The van der Waals surface area contributed by atoms with Gasteiger partial charge in [0, 0.05) is 31.4 Å². The van der Waals surface area contributed by atoms with Crippen LogP contribution in [-0.4, -0.2) is 48.4 Å². The summed E-state index contributed by atoms with van der Waals surface area (Å²) in [5.74, 6) is 0.937. The summed E-state index contributed by atoms with van der Waals surface area (Å²) in [5, 5.41) is 7.66. The predicted molar refractivity (Wildman–Crippen MR) is 74.3 cm³/mol. The summed E-state index contributed by atoms with van der Waals surface area (Å²) in [5.41, 5.74) is 7.33. The first-order chi connectivity index (χ1) is 8.49. The third-order valence-electron chi connectivity index (χ3n) is 3.56. The smallest absolute Gasteiger partial charge is 0.139 e. The van der Waals surface area contributed by atoms with Gasteiger partial charge in [0.05, 0.1) is 5.56 Å². The number of nitrogens with zero attached hydrogens (tertiary/aromatic N) is 3. The first-order valence-corrected chi connectivity index (χ1v) is 6.26. The van der Waals surface area contributed by atoms with E-state index in [2.05, 4.69) is 28.8 Å². The summed E-state index contributed by atoms with van der Waals surface area (Å²) >= 11 is 0. The molecule has 1 fully saturated rings. The van der Waals surface area contributed by atoms with Crippen LogP contribution in [0.15, 0.2) is 12.1 Å². The quantitative estimate of drug-likeness (QED) is 0.599. The highest BCUT2D eigenvalue weighted by molar-refractivity contribution is 5.99. The Labute approximate surface area is 108 Å². The largest absolute Gasteiger partial charge is 0.384 e. The number of anilines is 1. The zero-order valence-electron chi connectivity index (χ0n) is 11.3. The van der Waals surface area contributed by atoms with Gasteiger partial charge >= 0.3 is 0 Å². The van der Waals surface area contributed by atoms with Crippen molar-refractivity contribution in [2.24, 2.45) is 5.73 Å². The molecule has 18 heavy (non-hydrogen) atoms. The normalized spacial score (nSPS) is 21.1. The second-order valence-corrected chi connectivity index (χ2v) is 5.01. The molecule has 0 saturated carbocycles. The third kappa shape index (κ3) is 2.46. The Bertz CT molecular complexity index is 457. The molecule has 0 bridgehead atoms. The van der Waals surface area contributed by atoms with Gasteiger partial charge in [-0.1, -0.05) is 0 Å². The van der Waals surface area contributed by atoms with Crippen molar-refractivity contribution in [1.82, 2.24) is 9.88 Å². The van der Waals surface area contributed by atoms with E-state index in [-0.39, 0.29) is 5.84 Å². The fraction of sp³-hybridized carbons (Fsp3) is 0.538. The number of piperazine rings is 1. The van der Waals surface area contributed by atoms with Gasteiger partial charge in [-0.2, -0.15) is 0 Å². The molecule has 1 aliphatic rings. The number of amidine groups is 1. The minimum absolute atomic E-state index is 0.0871. The number of nitrogens with two attached hydrogens (primary N) is 1. The second-order valence-electron chi connectivity index (χ2n) is 5.01. The van der Waals surface area contributed by atoms with Crippen LogP contribution in [0.3, 0.4) is 0 Å². The number of nitrogens with one attached hydrogen (secondary N) is 1. The summed E-state index contributed by atoms with van der Waals surface area (Å²) in [6, 6.07) is 4.28. The zero-order valence-corrected chi connectivity index (χ0v) is 11.3. The molecule has 2 heterocycles. The molecule has 0 amide bonds. The Morgan fingerprint density at radius 1 is 1.44 bits per heavy atom. The Hall–Kier alpha value is -1.62. The number of nitrogen functional groups attached to an aromatic ring is 1. The van der Waals surface area contributed by atoms with Gasteiger partial charge in [-0.3, -0.25) is 5.41 Å². The predicted octanol–water partition coefficient (Wildman–Crippen LogP) is 0.814. The van der Waals surface area contributed by atoms with Crippen molar-refractivity contribution in [2.45, 2.75) is 19.9 Å². The monoisotopic (exact) mass is 247 g/mol. The first kappa shape index (κ1) is 12.8. The van der Waals surface area contributed by atoms with Crippen LogP contribution in [0.1, 0.15) is 18.2 Å². The SMILES string of the molecule is Cc1ccc(C(=N)N)c(N2CCN(C)C(C)C2)n1. The van der Waals surface area contributed by atoms with Crippen molar-refractivity contribution in [2.75, 3.05) is 31.6 Å². The zero-order chi connectivity index (χ0) is 13.3. The highest BCUT2D eigenvalue weighted by Crippen LogP contribution is 2.21. The number of likely N-dealkylation sites (N-methyl/N-ethyl adjacent to an activating group) is 1. The Morgan fingerprint density at radius 3 is 2.78 bits per heavy atom. The van der Waals surface area contributed by atoms with Crippen molar-refractivity contribution in [3.8, 4) is 0 Å². The summed E-state index contributed by atoms with van der Waals surface area (Å²) < 4.78 is 0. The molecule has 1 aromatic heterocycles. The van der Waals surface area contributed by atoms with E-state index in [9.17, 15) is 0 Å². The van der Waals surface area contributed by atoms with Crippen LogP contribution in [-0.2, 0) is 0 Å². The second kappa shape index (κ2) is 4.94. The van der Waals surface area contributed by atoms with Crippen molar-refractivity contribution in [1.29, 1.82) is 5.41 Å². The Morgan fingerprint density at radius 2 is 2.17 bits per heavy atom. The summed E-state index contributed by atoms with van der Waals surface area (Å²) in [4.78, 5) is 9.13. The van der Waals surface area contributed by atoms with Crippen LogP contribution in [0.25, 0.3) is 0 Å². The lowest BCUT2D eigenvalue weighted by atomic mass is 10.1. The van der Waals surface area contributed by atoms with E-state index in [1.165, 1.54) is 0 Å². The molecule has 2 rings (SSSR count). The van der Waals surface area contributed by atoms with Crippen LogP contribution in [0.4, 0.5) is 5.82 Å². The number of hydrogen-bond acceptors (Lipinski definition) is 4. The van der Waals surface area contributed by atoms with E-state index in [1.54, 1.807) is 0 Å². The van der Waals surface area contributed by atoms with Crippen molar-refractivity contribution >= 4 is 11.7 Å². The lowest BCUT2D eigenvalue weighted by molar-refractivity contribution is 0.233. The van der Waals surface area contributed by atoms with Gasteiger partial charge in [0.1, 0.15) is 11.7 Å². The van der Waals surface area contributed by atoms with Crippen LogP contribution < -0.4 is 10.6 Å². The molecular weight excluding hydrogens is 226 g/mol. The minimum Gasteiger partial charge on any atom is -0.384 e. The van der Waals surface area contributed by atoms with E-state index in [0.29, 0.717) is 6.04 Å². The van der Waals surface area contributed by atoms with Gasteiger partial charge in [0.15, 0.2) is 0 Å². The molecule has 0 aromatic carbocycles. The van der Waals surface area contributed by atoms with Crippen LogP contribution in [0, 0.1) is 12.3 Å². The average molecular weight is 247 g/mol. The van der Waals surface area contributed by atoms with Gasteiger partial charge in [-0.05, 0) is 33.0 Å². The van der Waals surface area contributed by atoms with Crippen LogP contribution in [0.2, 0.25) is 0 Å². The van der Waals surface area contributed by atoms with E-state index < -0.39 is 0 Å². The highest BCUT2D eigenvalue weighted by atomic mass is 15.3. The standard InChI is InChI=1S/C13H21N5/c1-9-4-5-11(12(14)15)13(16-9)18-7-6-17(3)10(2)8-18/h4-5,10H,6-8H2,1-3H3,(H3,14,15). The maximum absolute atomic E-state index is 7.66. The van der Waals surface area contributed by atoms with Gasteiger partial charge in [0.25, 0.3) is 0 Å². The van der Waals surface area contributed by atoms with Crippen molar-refractivity contribution < 1.29 is 0 Å².